The molecule has 3 atom stereocenters. The Morgan fingerprint density at radius 2 is 0.429 bits per heavy atom. The van der Waals surface area contributed by atoms with Crippen LogP contribution in [-0.4, -0.2) is 43.5 Å². The first-order valence-corrected chi connectivity index (χ1v) is 27.2. The minimum Gasteiger partial charge on any atom is -0.769 e. The van der Waals surface area contributed by atoms with Crippen molar-refractivity contribution < 1.29 is 52.1 Å². The Morgan fingerprint density at radius 3 is 0.551 bits per heavy atom. The third-order valence-electron chi connectivity index (χ3n) is 8.24. The second kappa shape index (κ2) is 42.6. The molecule has 0 saturated carbocycles. The SMILES string of the molecule is CCCCCCCCCCCCS(=O)([O-])=S.CCCCCCCCCCCCS(=O)([O-])=S.CCCCCCCCCCCCS(=O)([O-])=S.[Sc+3]. The predicted octanol–water partition coefficient (Wildman–Crippen LogP) is 11.3. The molecule has 0 radical (unpaired) electrons. The molecule has 0 saturated heterocycles. The minimum atomic E-state index is -3.15. The Kier molecular flexibility index (Phi) is 50.1. The van der Waals surface area contributed by atoms with Gasteiger partial charge in [-0.25, -0.2) is 0 Å². The van der Waals surface area contributed by atoms with Crippen LogP contribution >= 0.6 is 0 Å². The van der Waals surface area contributed by atoms with Crippen LogP contribution in [0.5, 0.6) is 0 Å². The van der Waals surface area contributed by atoms with Gasteiger partial charge in [-0.3, -0.25) is 12.6 Å². The molecule has 0 aromatic carbocycles. The maximum atomic E-state index is 10.7. The van der Waals surface area contributed by atoms with Crippen molar-refractivity contribution >= 4 is 59.9 Å². The van der Waals surface area contributed by atoms with E-state index >= 15 is 0 Å². The number of hydrogen-bond acceptors (Lipinski definition) is 9. The van der Waals surface area contributed by atoms with E-state index in [1.54, 1.807) is 0 Å². The van der Waals surface area contributed by atoms with Crippen molar-refractivity contribution in [1.29, 1.82) is 0 Å². The van der Waals surface area contributed by atoms with Gasteiger partial charge in [0.2, 0.25) is 0 Å². The molecule has 0 aromatic rings. The van der Waals surface area contributed by atoms with Crippen molar-refractivity contribution in [3.63, 3.8) is 0 Å². The summed E-state index contributed by atoms with van der Waals surface area (Å²) in [4.78, 5) is 0. The van der Waals surface area contributed by atoms with Gasteiger partial charge in [0.05, 0.1) is 0 Å². The van der Waals surface area contributed by atoms with Crippen molar-refractivity contribution in [2.45, 2.75) is 213 Å². The molecule has 0 spiro atoms. The zero-order chi connectivity index (χ0) is 36.8. The molecule has 13 heteroatoms. The van der Waals surface area contributed by atoms with E-state index in [-0.39, 0.29) is 43.1 Å². The Hall–Kier alpha value is 1.86. The molecule has 0 aliphatic carbocycles. The fourth-order valence-electron chi connectivity index (χ4n) is 5.30. The first-order chi connectivity index (χ1) is 22.7. The summed E-state index contributed by atoms with van der Waals surface area (Å²) in [6.07, 6.45) is 36.4. The smallest absolute Gasteiger partial charge is 0.769 e. The fraction of sp³-hybridized carbons (Fsp3) is 1.00. The number of unbranched alkanes of at least 4 members (excludes halogenated alkanes) is 27. The molecule has 0 aliphatic heterocycles. The van der Waals surface area contributed by atoms with Gasteiger partial charge in [0.25, 0.3) is 0 Å². The molecule has 0 aromatic heterocycles. The van der Waals surface area contributed by atoms with E-state index in [0.717, 1.165) is 57.8 Å². The summed E-state index contributed by atoms with van der Waals surface area (Å²) in [5, 5.41) is 0. The Morgan fingerprint density at radius 1 is 0.306 bits per heavy atom. The van der Waals surface area contributed by atoms with Crippen LogP contribution in [0.3, 0.4) is 0 Å². The summed E-state index contributed by atoms with van der Waals surface area (Å²) in [6.45, 7) is 6.69. The van der Waals surface area contributed by atoms with Gasteiger partial charge in [0.15, 0.2) is 0 Å². The van der Waals surface area contributed by atoms with Gasteiger partial charge < -0.3 is 13.7 Å². The fourth-order valence-corrected chi connectivity index (χ4v) is 8.03. The van der Waals surface area contributed by atoms with E-state index in [1.807, 2.05) is 0 Å². The van der Waals surface area contributed by atoms with Crippen molar-refractivity contribution in [3.8, 4) is 0 Å². The van der Waals surface area contributed by atoms with E-state index < -0.39 is 26.3 Å². The second-order valence-corrected chi connectivity index (χ2v) is 22.5. The monoisotopic (exact) mass is 840 g/mol. The molecule has 6 nitrogen and oxygen atoms in total. The van der Waals surface area contributed by atoms with E-state index in [4.69, 9.17) is 0 Å². The molecule has 3 unspecified atom stereocenters. The average Bonchev–Trinajstić information content (AvgIpc) is 2.99. The van der Waals surface area contributed by atoms with E-state index in [1.165, 1.54) is 135 Å². The molecule has 0 heterocycles. The van der Waals surface area contributed by atoms with Gasteiger partial charge in [0.1, 0.15) is 0 Å². The van der Waals surface area contributed by atoms with E-state index in [0.29, 0.717) is 0 Å². The van der Waals surface area contributed by atoms with Crippen molar-refractivity contribution in [1.82, 2.24) is 0 Å². The Balaban J connectivity index is -0.000000307. The summed E-state index contributed by atoms with van der Waals surface area (Å²) in [7, 11) is -9.45. The molecule has 294 valence electrons. The van der Waals surface area contributed by atoms with Crippen LogP contribution < -0.4 is 0 Å². The first kappa shape index (κ1) is 57.6. The standard InChI is InChI=1S/3C12H26O2S2.Sc/c3*1-2-3-4-5-6-7-8-9-10-11-12-16(13,14)15;/h3*2-12H2,1H3,(H,13,14,15);/q;;;+3/p-3. The quantitative estimate of drug-likeness (QED) is 0.0595. The van der Waals surface area contributed by atoms with Crippen LogP contribution in [0.2, 0.25) is 0 Å². The summed E-state index contributed by atoms with van der Waals surface area (Å²) in [5.41, 5.74) is 0. The van der Waals surface area contributed by atoms with Crippen molar-refractivity contribution in [2.75, 3.05) is 17.3 Å². The third-order valence-corrected chi connectivity index (χ3v) is 12.1. The van der Waals surface area contributed by atoms with E-state index in [9.17, 15) is 26.3 Å². The molecule has 0 rings (SSSR count). The van der Waals surface area contributed by atoms with Gasteiger partial charge in [0, 0.05) is 17.3 Å². The maximum Gasteiger partial charge on any atom is 3.00 e. The predicted molar refractivity (Wildman–Crippen MR) is 219 cm³/mol. The van der Waals surface area contributed by atoms with Crippen LogP contribution in [0, 0.1) is 0 Å². The van der Waals surface area contributed by atoms with Gasteiger partial charge in [-0.1, -0.05) is 194 Å². The Bertz CT molecular complexity index is 837. The molecule has 0 fully saturated rings. The van der Waals surface area contributed by atoms with Crippen LogP contribution in [-0.2, 0) is 85.7 Å². The zero-order valence-electron chi connectivity index (χ0n) is 31.8. The molecule has 49 heavy (non-hydrogen) atoms. The van der Waals surface area contributed by atoms with Gasteiger partial charge in [-0.15, -0.1) is 0 Å². The van der Waals surface area contributed by atoms with Crippen molar-refractivity contribution in [3.05, 3.63) is 0 Å². The second-order valence-electron chi connectivity index (χ2n) is 13.3. The largest absolute Gasteiger partial charge is 3.00 e. The van der Waals surface area contributed by atoms with Crippen LogP contribution in [0.15, 0.2) is 0 Å². The molecule has 0 amide bonds. The zero-order valence-corrected chi connectivity index (χ0v) is 38.5. The summed E-state index contributed by atoms with van der Waals surface area (Å²) >= 11 is 13.0. The molecule has 0 N–H and O–H groups in total. The first-order valence-electron chi connectivity index (χ1n) is 19.5. The summed E-state index contributed by atoms with van der Waals surface area (Å²) in [6, 6.07) is 0. The number of hydrogen-bond donors (Lipinski definition) is 0. The molecule has 0 aliphatic rings. The summed E-state index contributed by atoms with van der Waals surface area (Å²) in [5.74, 6) is 0.538. The van der Waals surface area contributed by atoms with Gasteiger partial charge in [-0.2, -0.15) is 0 Å². The third kappa shape index (κ3) is 68.4. The van der Waals surface area contributed by atoms with Gasteiger partial charge >= 0.3 is 25.8 Å². The maximum absolute atomic E-state index is 10.7. The van der Waals surface area contributed by atoms with Crippen LogP contribution in [0.25, 0.3) is 0 Å². The molecular formula is C36H75O6S6Sc. The topological polar surface area (TPSA) is 120 Å². The van der Waals surface area contributed by atoms with Crippen LogP contribution in [0.4, 0.5) is 0 Å². The van der Waals surface area contributed by atoms with Crippen LogP contribution in [0.1, 0.15) is 213 Å². The summed E-state index contributed by atoms with van der Waals surface area (Å²) < 4.78 is 64.1. The van der Waals surface area contributed by atoms with E-state index in [2.05, 4.69) is 54.3 Å². The normalized spacial score (nSPS) is 14.6. The number of rotatable bonds is 33. The molecule has 0 bridgehead atoms. The molecular weight excluding hydrogens is 766 g/mol. The van der Waals surface area contributed by atoms with Crippen molar-refractivity contribution in [2.24, 2.45) is 0 Å². The van der Waals surface area contributed by atoms with Gasteiger partial charge in [-0.05, 0) is 79.1 Å². The minimum absolute atomic E-state index is 0. The average molecular weight is 841 g/mol. The Labute approximate surface area is 339 Å².